The van der Waals surface area contributed by atoms with E-state index in [4.69, 9.17) is 0 Å². The summed E-state index contributed by atoms with van der Waals surface area (Å²) in [6.07, 6.45) is -2.87. The molecule has 0 bridgehead atoms. The maximum absolute atomic E-state index is 11.8. The van der Waals surface area contributed by atoms with Crippen LogP contribution in [0.2, 0.25) is 0 Å². The van der Waals surface area contributed by atoms with Gasteiger partial charge in [0.1, 0.15) is 0 Å². The maximum atomic E-state index is 11.8. The van der Waals surface area contributed by atoms with Crippen molar-refractivity contribution in [1.29, 1.82) is 0 Å². The number of alkyl halides is 3. The number of anilines is 1. The molecule has 0 aliphatic heterocycles. The van der Waals surface area contributed by atoms with E-state index < -0.39 is 25.2 Å². The molecule has 0 aliphatic carbocycles. The predicted molar refractivity (Wildman–Crippen MR) is 56.5 cm³/mol. The second-order valence-corrected chi connectivity index (χ2v) is 3.46. The van der Waals surface area contributed by atoms with E-state index in [0.717, 1.165) is 5.69 Å². The van der Waals surface area contributed by atoms with Gasteiger partial charge in [-0.25, -0.2) is 0 Å². The number of hydrogen-bond acceptors (Lipinski definition) is 3. The van der Waals surface area contributed by atoms with E-state index in [9.17, 15) is 18.0 Å². The number of aromatic nitrogens is 1. The molecule has 1 aromatic heterocycles. The van der Waals surface area contributed by atoms with E-state index in [1.807, 2.05) is 5.32 Å². The van der Waals surface area contributed by atoms with Crippen LogP contribution in [0.4, 0.5) is 18.9 Å². The van der Waals surface area contributed by atoms with Crippen LogP contribution in [0.1, 0.15) is 5.69 Å². The zero-order valence-corrected chi connectivity index (χ0v) is 9.14. The molecule has 94 valence electrons. The van der Waals surface area contributed by atoms with Gasteiger partial charge in [0.05, 0.1) is 25.0 Å². The molecule has 2 N–H and O–H groups in total. The van der Waals surface area contributed by atoms with E-state index in [0.29, 0.717) is 5.69 Å². The van der Waals surface area contributed by atoms with Crippen molar-refractivity contribution in [3.05, 3.63) is 24.0 Å². The Kier molecular flexibility index (Phi) is 4.45. The third-order valence-corrected chi connectivity index (χ3v) is 1.81. The topological polar surface area (TPSA) is 54.0 Å². The molecule has 1 heterocycles. The first kappa shape index (κ1) is 13.4. The van der Waals surface area contributed by atoms with Gasteiger partial charge < -0.3 is 10.6 Å². The van der Waals surface area contributed by atoms with Crippen LogP contribution < -0.4 is 10.6 Å². The molecule has 0 unspecified atom stereocenters. The Bertz CT molecular complexity index is 375. The van der Waals surface area contributed by atoms with E-state index in [1.165, 1.54) is 6.20 Å². The second kappa shape index (κ2) is 5.62. The zero-order valence-electron chi connectivity index (χ0n) is 9.14. The van der Waals surface area contributed by atoms with Gasteiger partial charge in [-0.2, -0.15) is 13.2 Å². The van der Waals surface area contributed by atoms with Crippen LogP contribution in [-0.4, -0.2) is 30.2 Å². The van der Waals surface area contributed by atoms with Gasteiger partial charge in [-0.1, -0.05) is 0 Å². The van der Waals surface area contributed by atoms with Crippen LogP contribution in [0.5, 0.6) is 0 Å². The van der Waals surface area contributed by atoms with Crippen LogP contribution in [0.25, 0.3) is 0 Å². The fourth-order valence-corrected chi connectivity index (χ4v) is 1.06. The van der Waals surface area contributed by atoms with E-state index in [2.05, 4.69) is 10.3 Å². The lowest BCUT2D eigenvalue weighted by Crippen LogP contribution is -2.35. The number of carbonyl (C=O) groups is 1. The Morgan fingerprint density at radius 2 is 2.12 bits per heavy atom. The van der Waals surface area contributed by atoms with Crippen molar-refractivity contribution < 1.29 is 18.0 Å². The molecular formula is C10H12F3N3O. The highest BCUT2D eigenvalue weighted by molar-refractivity contribution is 5.92. The number of carbonyl (C=O) groups excluding carboxylic acids is 1. The minimum atomic E-state index is -4.31. The van der Waals surface area contributed by atoms with Crippen LogP contribution in [0, 0.1) is 6.92 Å². The molecule has 1 rings (SSSR count). The molecule has 0 fully saturated rings. The molecule has 7 heteroatoms. The smallest absolute Gasteiger partial charge is 0.324 e. The molecule has 0 aromatic carbocycles. The number of hydrogen-bond donors (Lipinski definition) is 2. The van der Waals surface area contributed by atoms with Crippen molar-refractivity contribution in [2.45, 2.75) is 13.1 Å². The number of nitrogens with zero attached hydrogens (tertiary/aromatic N) is 1. The van der Waals surface area contributed by atoms with E-state index in [-0.39, 0.29) is 0 Å². The molecule has 17 heavy (non-hydrogen) atoms. The van der Waals surface area contributed by atoms with Crippen LogP contribution in [-0.2, 0) is 4.79 Å². The minimum Gasteiger partial charge on any atom is -0.324 e. The van der Waals surface area contributed by atoms with Gasteiger partial charge in [0.25, 0.3) is 0 Å². The van der Waals surface area contributed by atoms with Crippen LogP contribution in [0.15, 0.2) is 18.3 Å². The summed E-state index contributed by atoms with van der Waals surface area (Å²) in [6, 6.07) is 3.32. The van der Waals surface area contributed by atoms with Gasteiger partial charge in [0, 0.05) is 5.69 Å². The lowest BCUT2D eigenvalue weighted by atomic mass is 10.3. The highest BCUT2D eigenvalue weighted by Gasteiger charge is 2.26. The third-order valence-electron chi connectivity index (χ3n) is 1.81. The number of amides is 1. The summed E-state index contributed by atoms with van der Waals surface area (Å²) in [6.45, 7) is 0.205. The summed E-state index contributed by atoms with van der Waals surface area (Å²) in [5, 5.41) is 4.42. The Hall–Kier alpha value is -1.63. The van der Waals surface area contributed by atoms with Crippen molar-refractivity contribution in [2.75, 3.05) is 18.4 Å². The lowest BCUT2D eigenvalue weighted by Gasteiger charge is -2.08. The molecule has 0 atom stereocenters. The van der Waals surface area contributed by atoms with Gasteiger partial charge in [-0.3, -0.25) is 9.78 Å². The summed E-state index contributed by atoms with van der Waals surface area (Å²) in [5.74, 6) is -0.542. The second-order valence-electron chi connectivity index (χ2n) is 3.46. The largest absolute Gasteiger partial charge is 0.401 e. The minimum absolute atomic E-state index is 0.395. The fourth-order valence-electron chi connectivity index (χ4n) is 1.06. The first-order valence-corrected chi connectivity index (χ1v) is 4.87. The highest BCUT2D eigenvalue weighted by Crippen LogP contribution is 2.12. The first-order chi connectivity index (χ1) is 7.87. The number of nitrogens with one attached hydrogen (secondary N) is 2. The van der Waals surface area contributed by atoms with Gasteiger partial charge in [-0.15, -0.1) is 0 Å². The Morgan fingerprint density at radius 3 is 2.65 bits per heavy atom. The third kappa shape index (κ3) is 5.86. The Labute approximate surface area is 96.2 Å². The van der Waals surface area contributed by atoms with Crippen molar-refractivity contribution in [1.82, 2.24) is 10.3 Å². The van der Waals surface area contributed by atoms with Crippen molar-refractivity contribution in [2.24, 2.45) is 0 Å². The Morgan fingerprint density at radius 1 is 1.41 bits per heavy atom. The summed E-state index contributed by atoms with van der Waals surface area (Å²) >= 11 is 0. The molecule has 1 aromatic rings. The van der Waals surface area contributed by atoms with Crippen molar-refractivity contribution in [3.63, 3.8) is 0 Å². The average Bonchev–Trinajstić information content (AvgIpc) is 2.19. The lowest BCUT2D eigenvalue weighted by molar-refractivity contribution is -0.126. The summed E-state index contributed by atoms with van der Waals surface area (Å²) in [7, 11) is 0. The van der Waals surface area contributed by atoms with Gasteiger partial charge >= 0.3 is 6.18 Å². The summed E-state index contributed by atoms with van der Waals surface area (Å²) < 4.78 is 35.3. The molecule has 0 spiro atoms. The molecule has 1 amide bonds. The van der Waals surface area contributed by atoms with Crippen LogP contribution in [0.3, 0.4) is 0 Å². The van der Waals surface area contributed by atoms with Crippen molar-refractivity contribution >= 4 is 11.6 Å². The van der Waals surface area contributed by atoms with Gasteiger partial charge in [0.15, 0.2) is 0 Å². The highest BCUT2D eigenvalue weighted by atomic mass is 19.4. The SMILES string of the molecule is Cc1ccc(NC(=O)CNCC(F)(F)F)cn1. The summed E-state index contributed by atoms with van der Waals surface area (Å²) in [4.78, 5) is 15.2. The maximum Gasteiger partial charge on any atom is 0.401 e. The number of aryl methyl sites for hydroxylation is 1. The standard InChI is InChI=1S/C10H12F3N3O/c1-7-2-3-8(4-15-7)16-9(17)5-14-6-10(11,12)13/h2-4,14H,5-6H2,1H3,(H,16,17). The molecule has 4 nitrogen and oxygen atoms in total. The van der Waals surface area contributed by atoms with Gasteiger partial charge in [0.2, 0.25) is 5.91 Å². The molecular weight excluding hydrogens is 235 g/mol. The Balaban J connectivity index is 2.32. The summed E-state index contributed by atoms with van der Waals surface area (Å²) in [5.41, 5.74) is 1.24. The number of pyridine rings is 1. The van der Waals surface area contributed by atoms with Crippen LogP contribution >= 0.6 is 0 Å². The molecule has 0 saturated heterocycles. The van der Waals surface area contributed by atoms with Crippen molar-refractivity contribution in [3.8, 4) is 0 Å². The van der Waals surface area contributed by atoms with E-state index in [1.54, 1.807) is 19.1 Å². The molecule has 0 aliphatic rings. The average molecular weight is 247 g/mol. The predicted octanol–water partition coefficient (Wildman–Crippen LogP) is 1.48. The van der Waals surface area contributed by atoms with Gasteiger partial charge in [-0.05, 0) is 19.1 Å². The first-order valence-electron chi connectivity index (χ1n) is 4.87. The quantitative estimate of drug-likeness (QED) is 0.847. The normalized spacial score (nSPS) is 11.3. The molecule has 0 saturated carbocycles. The number of halogens is 3. The zero-order chi connectivity index (χ0) is 12.9. The number of rotatable bonds is 4. The fraction of sp³-hybridized carbons (Fsp3) is 0.400. The molecule has 0 radical (unpaired) electrons. The monoisotopic (exact) mass is 247 g/mol. The van der Waals surface area contributed by atoms with E-state index >= 15 is 0 Å².